The lowest BCUT2D eigenvalue weighted by atomic mass is 9.84. The Morgan fingerprint density at radius 2 is 2.14 bits per heavy atom. The van der Waals surface area contributed by atoms with Crippen LogP contribution in [0.25, 0.3) is 0 Å². The quantitative estimate of drug-likeness (QED) is 0.666. The van der Waals surface area contributed by atoms with E-state index in [2.05, 4.69) is 4.99 Å². The molecule has 1 aliphatic heterocycles. The number of guanidine groups is 1. The molecule has 0 saturated carbocycles. The number of amides is 2. The molecule has 2 atom stereocenters. The van der Waals surface area contributed by atoms with Gasteiger partial charge in [0.25, 0.3) is 5.91 Å². The maximum absolute atomic E-state index is 14.1. The van der Waals surface area contributed by atoms with Crippen LogP contribution in [0.4, 0.5) is 4.39 Å². The molecular formula is C13H15FN4O3. The minimum atomic E-state index is -1.64. The molecule has 112 valence electrons. The number of rotatable bonds is 2. The molecule has 21 heavy (non-hydrogen) atoms. The van der Waals surface area contributed by atoms with Crippen LogP contribution in [0.3, 0.4) is 0 Å². The number of hydrogen-bond donors (Lipinski definition) is 3. The van der Waals surface area contributed by atoms with E-state index in [1.54, 1.807) is 0 Å². The van der Waals surface area contributed by atoms with Crippen LogP contribution in [0.2, 0.25) is 0 Å². The summed E-state index contributed by atoms with van der Waals surface area (Å²) >= 11 is 0. The minimum absolute atomic E-state index is 0.0416. The van der Waals surface area contributed by atoms with Crippen molar-refractivity contribution in [3.8, 4) is 0 Å². The van der Waals surface area contributed by atoms with Crippen molar-refractivity contribution in [1.29, 1.82) is 0 Å². The van der Waals surface area contributed by atoms with E-state index in [9.17, 15) is 19.1 Å². The summed E-state index contributed by atoms with van der Waals surface area (Å²) < 4.78 is 14.1. The van der Waals surface area contributed by atoms with E-state index in [1.807, 2.05) is 0 Å². The number of nitrogens with two attached hydrogens (primary N) is 2. The molecule has 1 unspecified atom stereocenters. The van der Waals surface area contributed by atoms with Crippen molar-refractivity contribution >= 4 is 17.8 Å². The first-order valence-corrected chi connectivity index (χ1v) is 6.09. The van der Waals surface area contributed by atoms with E-state index in [1.165, 1.54) is 20.0 Å². The number of likely N-dealkylation sites (N-methyl/N-ethyl adjacent to an activating group) is 1. The molecule has 1 aliphatic rings. The van der Waals surface area contributed by atoms with Gasteiger partial charge in [-0.05, 0) is 25.1 Å². The fourth-order valence-corrected chi connectivity index (χ4v) is 2.18. The van der Waals surface area contributed by atoms with Gasteiger partial charge in [-0.2, -0.15) is 0 Å². The van der Waals surface area contributed by atoms with Gasteiger partial charge in [0.1, 0.15) is 11.4 Å². The van der Waals surface area contributed by atoms with Gasteiger partial charge in [0.15, 0.2) is 12.1 Å². The molecule has 0 bridgehead atoms. The van der Waals surface area contributed by atoms with Crippen LogP contribution >= 0.6 is 0 Å². The number of halogens is 1. The Morgan fingerprint density at radius 3 is 2.71 bits per heavy atom. The Bertz CT molecular complexity index is 661. The van der Waals surface area contributed by atoms with Gasteiger partial charge in [-0.15, -0.1) is 0 Å². The van der Waals surface area contributed by atoms with Gasteiger partial charge in [0.2, 0.25) is 5.91 Å². The first-order chi connectivity index (χ1) is 9.68. The number of hydrogen-bond acceptors (Lipinski definition) is 5. The lowest BCUT2D eigenvalue weighted by molar-refractivity contribution is -0.140. The van der Waals surface area contributed by atoms with Crippen LogP contribution < -0.4 is 11.5 Å². The number of aliphatic imine (C=N–C) groups is 1. The summed E-state index contributed by atoms with van der Waals surface area (Å²) in [6, 6.07) is 3.40. The maximum atomic E-state index is 14.1. The zero-order chi connectivity index (χ0) is 15.9. The number of carbonyl (C=O) groups excluding carboxylic acids is 2. The van der Waals surface area contributed by atoms with Gasteiger partial charge in [-0.25, -0.2) is 9.38 Å². The van der Waals surface area contributed by atoms with E-state index in [-0.39, 0.29) is 17.1 Å². The molecule has 0 saturated heterocycles. The van der Waals surface area contributed by atoms with Crippen molar-refractivity contribution in [3.05, 3.63) is 35.1 Å². The molecule has 1 heterocycles. The molecule has 2 rings (SSSR count). The average molecular weight is 294 g/mol. The lowest BCUT2D eigenvalue weighted by Gasteiger charge is -2.37. The van der Waals surface area contributed by atoms with Crippen molar-refractivity contribution in [3.63, 3.8) is 0 Å². The summed E-state index contributed by atoms with van der Waals surface area (Å²) in [6.07, 6.45) is -1.63. The Morgan fingerprint density at radius 1 is 1.52 bits per heavy atom. The van der Waals surface area contributed by atoms with Crippen molar-refractivity contribution in [1.82, 2.24) is 4.90 Å². The number of nitrogens with zero attached hydrogens (tertiary/aromatic N) is 2. The van der Waals surface area contributed by atoms with Crippen molar-refractivity contribution in [2.75, 3.05) is 7.05 Å². The summed E-state index contributed by atoms with van der Waals surface area (Å²) in [4.78, 5) is 28.2. The molecule has 2 amide bonds. The third kappa shape index (κ3) is 2.23. The molecule has 0 spiro atoms. The molecule has 0 radical (unpaired) electrons. The number of aliphatic hydroxyl groups excluding tert-OH is 1. The third-order valence-corrected chi connectivity index (χ3v) is 3.58. The van der Waals surface area contributed by atoms with E-state index >= 15 is 0 Å². The largest absolute Gasteiger partial charge is 0.380 e. The molecule has 1 aromatic rings. The van der Waals surface area contributed by atoms with Crippen LogP contribution in [-0.2, 0) is 10.3 Å². The van der Waals surface area contributed by atoms with E-state index in [4.69, 9.17) is 11.5 Å². The topological polar surface area (TPSA) is 122 Å². The fraction of sp³-hybridized carbons (Fsp3) is 0.308. The summed E-state index contributed by atoms with van der Waals surface area (Å²) in [6.45, 7) is 1.36. The highest BCUT2D eigenvalue weighted by atomic mass is 19.1. The average Bonchev–Trinajstić information content (AvgIpc) is 2.43. The van der Waals surface area contributed by atoms with Crippen LogP contribution in [0.1, 0.15) is 22.8 Å². The Balaban J connectivity index is 2.66. The number of benzene rings is 1. The minimum Gasteiger partial charge on any atom is -0.380 e. The maximum Gasteiger partial charge on any atom is 0.260 e. The van der Waals surface area contributed by atoms with Crippen LogP contribution in [-0.4, -0.2) is 40.9 Å². The molecule has 0 fully saturated rings. The summed E-state index contributed by atoms with van der Waals surface area (Å²) in [5, 5.41) is 10.2. The third-order valence-electron chi connectivity index (χ3n) is 3.58. The van der Waals surface area contributed by atoms with Crippen LogP contribution in [0.5, 0.6) is 0 Å². The van der Waals surface area contributed by atoms with Gasteiger partial charge in [-0.1, -0.05) is 0 Å². The highest BCUT2D eigenvalue weighted by molar-refractivity contribution is 6.01. The molecule has 0 aromatic heterocycles. The Labute approximate surface area is 120 Å². The SMILES string of the molecule is CN1C(=O)[C@H](O)C(C)(c2cc(C(N)=O)ccc2F)N=C1N. The molecule has 0 aliphatic carbocycles. The normalized spacial score (nSPS) is 25.7. The predicted octanol–water partition coefficient (Wildman–Crippen LogP) is -0.713. The summed E-state index contributed by atoms with van der Waals surface area (Å²) in [7, 11) is 1.35. The van der Waals surface area contributed by atoms with Crippen molar-refractivity contribution < 1.29 is 19.1 Å². The molecule has 8 heteroatoms. The number of primary amides is 1. The number of carbonyl (C=O) groups is 2. The molecule has 1 aromatic carbocycles. The molecular weight excluding hydrogens is 279 g/mol. The molecule has 7 nitrogen and oxygen atoms in total. The highest BCUT2D eigenvalue weighted by Crippen LogP contribution is 2.35. The zero-order valence-electron chi connectivity index (χ0n) is 11.5. The van der Waals surface area contributed by atoms with Crippen LogP contribution in [0, 0.1) is 5.82 Å². The second-order valence-electron chi connectivity index (χ2n) is 4.98. The first-order valence-electron chi connectivity index (χ1n) is 6.09. The van der Waals surface area contributed by atoms with E-state index in [0.29, 0.717) is 0 Å². The fourth-order valence-electron chi connectivity index (χ4n) is 2.18. The van der Waals surface area contributed by atoms with Gasteiger partial charge in [-0.3, -0.25) is 14.5 Å². The van der Waals surface area contributed by atoms with Gasteiger partial charge < -0.3 is 16.6 Å². The van der Waals surface area contributed by atoms with Crippen molar-refractivity contribution in [2.45, 2.75) is 18.6 Å². The van der Waals surface area contributed by atoms with Gasteiger partial charge in [0, 0.05) is 18.2 Å². The molecule has 5 N–H and O–H groups in total. The number of aliphatic hydroxyl groups is 1. The lowest BCUT2D eigenvalue weighted by Crippen LogP contribution is -2.57. The Kier molecular flexibility index (Phi) is 3.42. The van der Waals surface area contributed by atoms with Crippen molar-refractivity contribution in [2.24, 2.45) is 16.5 Å². The highest BCUT2D eigenvalue weighted by Gasteiger charge is 2.46. The van der Waals surface area contributed by atoms with E-state index in [0.717, 1.165) is 17.0 Å². The second-order valence-corrected chi connectivity index (χ2v) is 4.98. The predicted molar refractivity (Wildman–Crippen MR) is 72.7 cm³/mol. The Hall–Kier alpha value is -2.48. The smallest absolute Gasteiger partial charge is 0.260 e. The van der Waals surface area contributed by atoms with Crippen LogP contribution in [0.15, 0.2) is 23.2 Å². The second kappa shape index (κ2) is 4.81. The summed E-state index contributed by atoms with van der Waals surface area (Å²) in [5.41, 5.74) is 9.06. The monoisotopic (exact) mass is 294 g/mol. The van der Waals surface area contributed by atoms with Gasteiger partial charge >= 0.3 is 0 Å². The van der Waals surface area contributed by atoms with Gasteiger partial charge in [0.05, 0.1) is 0 Å². The van der Waals surface area contributed by atoms with E-state index < -0.39 is 29.3 Å². The first kappa shape index (κ1) is 14.9. The zero-order valence-corrected chi connectivity index (χ0v) is 11.5. The summed E-state index contributed by atoms with van der Waals surface area (Å²) in [5.74, 6) is -2.36. The standard InChI is InChI=1S/C13H15FN4O3/c1-13(9(19)11(21)18(2)12(16)17-13)7-5-6(10(15)20)3-4-8(7)14/h3-5,9,19H,1-2H3,(H2,15,20)(H2,16,17)/t9-,13?/m0/s1.